The second kappa shape index (κ2) is 11.5. The highest BCUT2D eigenvalue weighted by Gasteiger charge is 2.03. The van der Waals surface area contributed by atoms with Crippen molar-refractivity contribution in [1.82, 2.24) is 10.6 Å². The summed E-state index contributed by atoms with van der Waals surface area (Å²) in [6, 6.07) is 5.77. The SMILES string of the molecule is CN=C(NCCCCSC)NCCc1ccc(OC)cc1Cl. The molecule has 0 saturated heterocycles. The van der Waals surface area contributed by atoms with Crippen LogP contribution in [0.25, 0.3) is 0 Å². The van der Waals surface area contributed by atoms with Crippen LogP contribution in [0.5, 0.6) is 5.75 Å². The average Bonchev–Trinajstić information content (AvgIpc) is 2.54. The molecule has 0 unspecified atom stereocenters. The quantitative estimate of drug-likeness (QED) is 0.410. The van der Waals surface area contributed by atoms with Gasteiger partial charge in [0.15, 0.2) is 5.96 Å². The van der Waals surface area contributed by atoms with Crippen molar-refractivity contribution in [1.29, 1.82) is 0 Å². The van der Waals surface area contributed by atoms with Gasteiger partial charge in [0.05, 0.1) is 7.11 Å². The van der Waals surface area contributed by atoms with Gasteiger partial charge in [0.25, 0.3) is 0 Å². The summed E-state index contributed by atoms with van der Waals surface area (Å²) in [5, 5.41) is 7.37. The highest BCUT2D eigenvalue weighted by Crippen LogP contribution is 2.22. The number of ether oxygens (including phenoxy) is 1. The zero-order valence-electron chi connectivity index (χ0n) is 13.6. The van der Waals surface area contributed by atoms with E-state index in [1.807, 2.05) is 30.0 Å². The van der Waals surface area contributed by atoms with Gasteiger partial charge < -0.3 is 15.4 Å². The van der Waals surface area contributed by atoms with E-state index in [0.717, 1.165) is 48.2 Å². The summed E-state index contributed by atoms with van der Waals surface area (Å²) in [4.78, 5) is 4.22. The number of nitrogens with one attached hydrogen (secondary N) is 2. The van der Waals surface area contributed by atoms with Gasteiger partial charge in [0.2, 0.25) is 0 Å². The first-order valence-corrected chi connectivity index (χ1v) is 9.24. The Kier molecular flexibility index (Phi) is 9.91. The Morgan fingerprint density at radius 3 is 2.68 bits per heavy atom. The Labute approximate surface area is 143 Å². The molecule has 0 atom stereocenters. The van der Waals surface area contributed by atoms with E-state index >= 15 is 0 Å². The van der Waals surface area contributed by atoms with Crippen molar-refractivity contribution in [3.8, 4) is 5.75 Å². The zero-order chi connectivity index (χ0) is 16.2. The standard InChI is InChI=1S/C16H26ClN3OS/c1-18-16(19-9-4-5-11-22-3)20-10-8-13-6-7-14(21-2)12-15(13)17/h6-7,12H,4-5,8-11H2,1-3H3,(H2,18,19,20). The smallest absolute Gasteiger partial charge is 0.190 e. The van der Waals surface area contributed by atoms with Crippen LogP contribution in [0, 0.1) is 0 Å². The molecule has 0 aliphatic heterocycles. The van der Waals surface area contributed by atoms with Crippen LogP contribution in [-0.4, -0.2) is 45.2 Å². The van der Waals surface area contributed by atoms with Gasteiger partial charge in [-0.05, 0) is 49.0 Å². The third-order valence-electron chi connectivity index (χ3n) is 3.24. The average molecular weight is 344 g/mol. The number of hydrogen-bond donors (Lipinski definition) is 2. The van der Waals surface area contributed by atoms with Crippen molar-refractivity contribution in [3.05, 3.63) is 28.8 Å². The minimum absolute atomic E-state index is 0.737. The van der Waals surface area contributed by atoms with Gasteiger partial charge in [-0.1, -0.05) is 17.7 Å². The number of unbranched alkanes of at least 4 members (excludes halogenated alkanes) is 1. The maximum absolute atomic E-state index is 6.23. The molecule has 0 fully saturated rings. The predicted molar refractivity (Wildman–Crippen MR) is 98.7 cm³/mol. The summed E-state index contributed by atoms with van der Waals surface area (Å²) in [6.45, 7) is 1.74. The number of hydrogen-bond acceptors (Lipinski definition) is 3. The van der Waals surface area contributed by atoms with Crippen LogP contribution in [0.15, 0.2) is 23.2 Å². The van der Waals surface area contributed by atoms with Gasteiger partial charge in [-0.15, -0.1) is 0 Å². The Morgan fingerprint density at radius 1 is 1.27 bits per heavy atom. The van der Waals surface area contributed by atoms with Crippen molar-refractivity contribution in [2.45, 2.75) is 19.3 Å². The Morgan fingerprint density at radius 2 is 2.05 bits per heavy atom. The first kappa shape index (κ1) is 19.0. The number of halogens is 1. The second-order valence-electron chi connectivity index (χ2n) is 4.83. The van der Waals surface area contributed by atoms with Crippen LogP contribution in [0.1, 0.15) is 18.4 Å². The number of benzene rings is 1. The predicted octanol–water partition coefficient (Wildman–Crippen LogP) is 3.20. The lowest BCUT2D eigenvalue weighted by molar-refractivity contribution is 0.414. The van der Waals surface area contributed by atoms with E-state index in [-0.39, 0.29) is 0 Å². The van der Waals surface area contributed by atoms with Crippen molar-refractivity contribution >= 4 is 29.3 Å². The lowest BCUT2D eigenvalue weighted by Crippen LogP contribution is -2.38. The normalized spacial score (nSPS) is 11.4. The monoisotopic (exact) mass is 343 g/mol. The summed E-state index contributed by atoms with van der Waals surface area (Å²) in [5.74, 6) is 2.84. The molecule has 0 amide bonds. The molecule has 6 heteroatoms. The van der Waals surface area contributed by atoms with Crippen LogP contribution in [0.2, 0.25) is 5.02 Å². The summed E-state index contributed by atoms with van der Waals surface area (Å²) >= 11 is 8.12. The number of thioether (sulfide) groups is 1. The summed E-state index contributed by atoms with van der Waals surface area (Å²) in [7, 11) is 3.43. The summed E-state index contributed by atoms with van der Waals surface area (Å²) < 4.78 is 5.15. The minimum atomic E-state index is 0.737. The molecule has 0 aliphatic rings. The van der Waals surface area contributed by atoms with Gasteiger partial charge in [-0.3, -0.25) is 4.99 Å². The lowest BCUT2D eigenvalue weighted by Gasteiger charge is -2.12. The molecule has 1 aromatic rings. The van der Waals surface area contributed by atoms with E-state index in [1.165, 1.54) is 12.2 Å². The fourth-order valence-corrected chi connectivity index (χ4v) is 2.73. The maximum Gasteiger partial charge on any atom is 0.190 e. The molecule has 0 radical (unpaired) electrons. The van der Waals surface area contributed by atoms with E-state index in [0.29, 0.717) is 0 Å². The number of aliphatic imine (C=N–C) groups is 1. The summed E-state index contributed by atoms with van der Waals surface area (Å²) in [6.07, 6.45) is 5.37. The molecule has 0 aromatic heterocycles. The van der Waals surface area contributed by atoms with Gasteiger partial charge in [0.1, 0.15) is 5.75 Å². The first-order chi connectivity index (χ1) is 10.7. The van der Waals surface area contributed by atoms with Crippen molar-refractivity contribution in [2.24, 2.45) is 4.99 Å². The number of methoxy groups -OCH3 is 1. The number of nitrogens with zero attached hydrogens (tertiary/aromatic N) is 1. The van der Waals surface area contributed by atoms with E-state index in [9.17, 15) is 0 Å². The highest BCUT2D eigenvalue weighted by molar-refractivity contribution is 7.98. The fraction of sp³-hybridized carbons (Fsp3) is 0.562. The molecule has 22 heavy (non-hydrogen) atoms. The summed E-state index contributed by atoms with van der Waals surface area (Å²) in [5.41, 5.74) is 1.10. The van der Waals surface area contributed by atoms with E-state index in [2.05, 4.69) is 21.9 Å². The molecule has 4 nitrogen and oxygen atoms in total. The molecule has 0 saturated carbocycles. The van der Waals surface area contributed by atoms with Crippen molar-refractivity contribution < 1.29 is 4.74 Å². The third-order valence-corrected chi connectivity index (χ3v) is 4.29. The molecule has 0 heterocycles. The van der Waals surface area contributed by atoms with E-state index in [1.54, 1.807) is 14.2 Å². The van der Waals surface area contributed by atoms with Crippen molar-refractivity contribution in [2.75, 3.05) is 39.3 Å². The third kappa shape index (κ3) is 7.27. The van der Waals surface area contributed by atoms with Crippen LogP contribution in [-0.2, 0) is 6.42 Å². The molecule has 2 N–H and O–H groups in total. The number of rotatable bonds is 9. The molecule has 1 rings (SSSR count). The Hall–Kier alpha value is -1.07. The fourth-order valence-electron chi connectivity index (χ4n) is 1.97. The molecular weight excluding hydrogens is 318 g/mol. The molecule has 0 bridgehead atoms. The van der Waals surface area contributed by atoms with Gasteiger partial charge >= 0.3 is 0 Å². The molecular formula is C16H26ClN3OS. The van der Waals surface area contributed by atoms with Crippen LogP contribution in [0.4, 0.5) is 0 Å². The van der Waals surface area contributed by atoms with Gasteiger partial charge in [-0.25, -0.2) is 0 Å². The molecule has 0 spiro atoms. The highest BCUT2D eigenvalue weighted by atomic mass is 35.5. The largest absolute Gasteiger partial charge is 0.497 e. The topological polar surface area (TPSA) is 45.7 Å². The minimum Gasteiger partial charge on any atom is -0.497 e. The van der Waals surface area contributed by atoms with Crippen LogP contribution < -0.4 is 15.4 Å². The van der Waals surface area contributed by atoms with Gasteiger partial charge in [-0.2, -0.15) is 11.8 Å². The Bertz CT molecular complexity index is 469. The molecule has 124 valence electrons. The Balaban J connectivity index is 2.29. The zero-order valence-corrected chi connectivity index (χ0v) is 15.2. The van der Waals surface area contributed by atoms with Crippen LogP contribution >= 0.6 is 23.4 Å². The van der Waals surface area contributed by atoms with Gasteiger partial charge in [0, 0.05) is 25.2 Å². The molecule has 1 aromatic carbocycles. The molecule has 0 aliphatic carbocycles. The first-order valence-electron chi connectivity index (χ1n) is 7.47. The van der Waals surface area contributed by atoms with Crippen LogP contribution in [0.3, 0.4) is 0 Å². The second-order valence-corrected chi connectivity index (χ2v) is 6.23. The van der Waals surface area contributed by atoms with Crippen molar-refractivity contribution in [3.63, 3.8) is 0 Å². The van der Waals surface area contributed by atoms with E-state index < -0.39 is 0 Å². The van der Waals surface area contributed by atoms with E-state index in [4.69, 9.17) is 16.3 Å². The number of guanidine groups is 1. The maximum atomic E-state index is 6.23. The lowest BCUT2D eigenvalue weighted by atomic mass is 10.1.